The van der Waals surface area contributed by atoms with Crippen molar-refractivity contribution in [3.63, 3.8) is 0 Å². The van der Waals surface area contributed by atoms with E-state index >= 15 is 0 Å². The lowest BCUT2D eigenvalue weighted by molar-refractivity contribution is -0.155. The van der Waals surface area contributed by atoms with E-state index in [1.54, 1.807) is 20.8 Å². The van der Waals surface area contributed by atoms with Crippen molar-refractivity contribution in [1.29, 1.82) is 0 Å². The minimum absolute atomic E-state index is 0.0375. The Balaban J connectivity index is 2.58. The molecule has 0 amide bonds. The van der Waals surface area contributed by atoms with Gasteiger partial charge < -0.3 is 9.47 Å². The zero-order valence-corrected chi connectivity index (χ0v) is 13.2. The number of rotatable bonds is 6. The zero-order valence-electron chi connectivity index (χ0n) is 13.2. The minimum atomic E-state index is -0.863. The Labute approximate surface area is 128 Å². The summed E-state index contributed by atoms with van der Waals surface area (Å²) in [6.07, 6.45) is -0.248. The number of carbonyl (C=O) groups is 2. The molecule has 0 saturated heterocycles. The molecular weight excluding hydrogens is 294 g/mol. The summed E-state index contributed by atoms with van der Waals surface area (Å²) in [7, 11) is 1.16. The van der Waals surface area contributed by atoms with Gasteiger partial charge in [0.2, 0.25) is 0 Å². The standard InChI is InChI=1S/C16H20F2O4/c1-16(2,3)22-14(20)6-5-11(19)7-10-8-12(17)15(21-4)13(18)9-10/h8-9H,5-7H2,1-4H3. The van der Waals surface area contributed by atoms with Crippen molar-refractivity contribution in [3.05, 3.63) is 29.3 Å². The lowest BCUT2D eigenvalue weighted by Crippen LogP contribution is -2.24. The second kappa shape index (κ2) is 7.33. The molecule has 0 spiro atoms. The third-order valence-corrected chi connectivity index (χ3v) is 2.69. The van der Waals surface area contributed by atoms with E-state index in [0.29, 0.717) is 0 Å². The van der Waals surface area contributed by atoms with E-state index in [2.05, 4.69) is 4.74 Å². The Kier molecular flexibility index (Phi) is 6.02. The lowest BCUT2D eigenvalue weighted by atomic mass is 10.0. The Morgan fingerprint density at radius 3 is 2.09 bits per heavy atom. The Morgan fingerprint density at radius 2 is 1.64 bits per heavy atom. The highest BCUT2D eigenvalue weighted by Crippen LogP contribution is 2.23. The molecule has 0 unspecified atom stereocenters. The summed E-state index contributed by atoms with van der Waals surface area (Å²) in [5.41, 5.74) is -0.410. The SMILES string of the molecule is COc1c(F)cc(CC(=O)CCC(=O)OC(C)(C)C)cc1F. The molecular formula is C16H20F2O4. The number of carbonyl (C=O) groups excluding carboxylic acids is 2. The van der Waals surface area contributed by atoms with E-state index in [4.69, 9.17) is 4.74 Å². The van der Waals surface area contributed by atoms with Gasteiger partial charge in [0.1, 0.15) is 11.4 Å². The van der Waals surface area contributed by atoms with E-state index in [9.17, 15) is 18.4 Å². The summed E-state index contributed by atoms with van der Waals surface area (Å²) < 4.78 is 36.7. The highest BCUT2D eigenvalue weighted by atomic mass is 19.1. The van der Waals surface area contributed by atoms with Gasteiger partial charge in [0, 0.05) is 12.8 Å². The van der Waals surface area contributed by atoms with Crippen LogP contribution < -0.4 is 4.74 Å². The van der Waals surface area contributed by atoms with E-state index in [-0.39, 0.29) is 30.6 Å². The van der Waals surface area contributed by atoms with Crippen LogP contribution in [0, 0.1) is 11.6 Å². The first-order valence-corrected chi connectivity index (χ1v) is 6.88. The number of hydrogen-bond donors (Lipinski definition) is 0. The summed E-state index contributed by atoms with van der Waals surface area (Å²) >= 11 is 0. The monoisotopic (exact) mass is 314 g/mol. The molecule has 0 aliphatic heterocycles. The third kappa shape index (κ3) is 5.79. The molecule has 1 aromatic carbocycles. The van der Waals surface area contributed by atoms with Gasteiger partial charge in [-0.15, -0.1) is 0 Å². The highest BCUT2D eigenvalue weighted by Gasteiger charge is 2.18. The number of halogens is 2. The first-order chi connectivity index (χ1) is 10.1. The number of esters is 1. The Hall–Kier alpha value is -1.98. The van der Waals surface area contributed by atoms with E-state index in [1.165, 1.54) is 0 Å². The summed E-state index contributed by atoms with van der Waals surface area (Å²) in [4.78, 5) is 23.3. The smallest absolute Gasteiger partial charge is 0.306 e. The van der Waals surface area contributed by atoms with Crippen molar-refractivity contribution in [2.24, 2.45) is 0 Å². The largest absolute Gasteiger partial charge is 0.491 e. The van der Waals surface area contributed by atoms with Gasteiger partial charge in [0.25, 0.3) is 0 Å². The van der Waals surface area contributed by atoms with Gasteiger partial charge in [-0.05, 0) is 38.5 Å². The van der Waals surface area contributed by atoms with Gasteiger partial charge in [-0.2, -0.15) is 0 Å². The van der Waals surface area contributed by atoms with Gasteiger partial charge in [-0.1, -0.05) is 0 Å². The molecule has 0 aromatic heterocycles. The van der Waals surface area contributed by atoms with Crippen molar-refractivity contribution >= 4 is 11.8 Å². The predicted molar refractivity (Wildman–Crippen MR) is 76.7 cm³/mol. The summed E-state index contributed by atoms with van der Waals surface area (Å²) in [5.74, 6) is -2.98. The average Bonchev–Trinajstić information content (AvgIpc) is 2.34. The molecule has 122 valence electrons. The minimum Gasteiger partial charge on any atom is -0.491 e. The number of methoxy groups -OCH3 is 1. The molecule has 0 N–H and O–H groups in total. The molecule has 0 aliphatic carbocycles. The average molecular weight is 314 g/mol. The van der Waals surface area contributed by atoms with Crippen LogP contribution in [0.5, 0.6) is 5.75 Å². The Bertz CT molecular complexity index is 539. The molecule has 0 atom stereocenters. The predicted octanol–water partition coefficient (Wildman–Crippen LogP) is 3.21. The zero-order chi connectivity index (χ0) is 16.9. The van der Waals surface area contributed by atoms with Gasteiger partial charge in [-0.25, -0.2) is 8.78 Å². The van der Waals surface area contributed by atoms with Gasteiger partial charge >= 0.3 is 5.97 Å². The number of Topliss-reactive ketones (excluding diaryl/α,β-unsaturated/α-hetero) is 1. The van der Waals surface area contributed by atoms with Crippen LogP contribution in [0.4, 0.5) is 8.78 Å². The van der Waals surface area contributed by atoms with Gasteiger partial charge in [0.15, 0.2) is 17.4 Å². The fourth-order valence-electron chi connectivity index (χ4n) is 1.86. The molecule has 0 heterocycles. The normalized spacial score (nSPS) is 11.2. The fourth-order valence-corrected chi connectivity index (χ4v) is 1.86. The van der Waals surface area contributed by atoms with Crippen molar-refractivity contribution in [2.45, 2.75) is 45.6 Å². The van der Waals surface area contributed by atoms with Crippen LogP contribution in [0.2, 0.25) is 0 Å². The summed E-state index contributed by atoms with van der Waals surface area (Å²) in [6.45, 7) is 5.20. The summed E-state index contributed by atoms with van der Waals surface area (Å²) in [5, 5.41) is 0. The molecule has 6 heteroatoms. The van der Waals surface area contributed by atoms with E-state index in [0.717, 1.165) is 19.2 Å². The molecule has 1 rings (SSSR count). The quantitative estimate of drug-likeness (QED) is 0.757. The Morgan fingerprint density at radius 1 is 1.09 bits per heavy atom. The van der Waals surface area contributed by atoms with Crippen LogP contribution >= 0.6 is 0 Å². The van der Waals surface area contributed by atoms with Crippen LogP contribution in [0.15, 0.2) is 12.1 Å². The van der Waals surface area contributed by atoms with Crippen molar-refractivity contribution in [3.8, 4) is 5.75 Å². The summed E-state index contributed by atoms with van der Waals surface area (Å²) in [6, 6.07) is 2.10. The number of ether oxygens (including phenoxy) is 2. The molecule has 22 heavy (non-hydrogen) atoms. The third-order valence-electron chi connectivity index (χ3n) is 2.69. The van der Waals surface area contributed by atoms with Crippen LogP contribution in [0.1, 0.15) is 39.2 Å². The van der Waals surface area contributed by atoms with E-state index in [1.807, 2.05) is 0 Å². The topological polar surface area (TPSA) is 52.6 Å². The maximum absolute atomic E-state index is 13.5. The fraction of sp³-hybridized carbons (Fsp3) is 0.500. The van der Waals surface area contributed by atoms with Crippen LogP contribution in [0.3, 0.4) is 0 Å². The first-order valence-electron chi connectivity index (χ1n) is 6.88. The van der Waals surface area contributed by atoms with Crippen LogP contribution in [-0.4, -0.2) is 24.5 Å². The number of hydrogen-bond acceptors (Lipinski definition) is 4. The van der Waals surface area contributed by atoms with Crippen molar-refractivity contribution in [2.75, 3.05) is 7.11 Å². The van der Waals surface area contributed by atoms with Crippen LogP contribution in [-0.2, 0) is 20.7 Å². The number of benzene rings is 1. The molecule has 0 aliphatic rings. The molecule has 1 aromatic rings. The van der Waals surface area contributed by atoms with E-state index < -0.39 is 29.0 Å². The second-order valence-electron chi connectivity index (χ2n) is 5.89. The molecule has 0 fully saturated rings. The van der Waals surface area contributed by atoms with Crippen LogP contribution in [0.25, 0.3) is 0 Å². The van der Waals surface area contributed by atoms with Crippen molar-refractivity contribution < 1.29 is 27.8 Å². The number of ketones is 1. The highest BCUT2D eigenvalue weighted by molar-refractivity contribution is 5.84. The molecule has 4 nitrogen and oxygen atoms in total. The van der Waals surface area contributed by atoms with Gasteiger partial charge in [-0.3, -0.25) is 9.59 Å². The second-order valence-corrected chi connectivity index (χ2v) is 5.89. The first kappa shape index (κ1) is 18.1. The molecule has 0 saturated carbocycles. The van der Waals surface area contributed by atoms with Gasteiger partial charge in [0.05, 0.1) is 13.5 Å². The molecule has 0 bridgehead atoms. The maximum atomic E-state index is 13.5. The lowest BCUT2D eigenvalue weighted by Gasteiger charge is -2.19. The molecule has 0 radical (unpaired) electrons. The maximum Gasteiger partial charge on any atom is 0.306 e. The van der Waals surface area contributed by atoms with Crippen molar-refractivity contribution in [1.82, 2.24) is 0 Å².